The largest absolute Gasteiger partial charge is 0.371 e. The summed E-state index contributed by atoms with van der Waals surface area (Å²) in [6.07, 6.45) is 6.75. The van der Waals surface area contributed by atoms with E-state index in [0.29, 0.717) is 0 Å². The van der Waals surface area contributed by atoms with E-state index in [1.807, 2.05) is 6.07 Å². The van der Waals surface area contributed by atoms with Crippen molar-refractivity contribution in [2.24, 2.45) is 5.73 Å². The number of rotatable bonds is 2. The topological polar surface area (TPSA) is 29.3 Å². The number of anilines is 1. The Morgan fingerprint density at radius 2 is 1.72 bits per heavy atom. The molecule has 2 N–H and O–H groups in total. The van der Waals surface area contributed by atoms with Gasteiger partial charge in [0.2, 0.25) is 0 Å². The Morgan fingerprint density at radius 1 is 1.06 bits per heavy atom. The van der Waals surface area contributed by atoms with E-state index in [1.54, 1.807) is 12.1 Å². The molecule has 2 fully saturated rings. The highest BCUT2D eigenvalue weighted by Crippen LogP contribution is 2.41. The summed E-state index contributed by atoms with van der Waals surface area (Å²) in [5.74, 6) is -0.162. The molecule has 3 rings (SSSR count). The quantitative estimate of drug-likeness (QED) is 0.871. The summed E-state index contributed by atoms with van der Waals surface area (Å²) in [6, 6.07) is 5.15. The Hall–Kier alpha value is -1.09. The fourth-order valence-electron chi connectivity index (χ4n) is 3.42. The molecule has 0 spiro atoms. The highest BCUT2D eigenvalue weighted by molar-refractivity contribution is 5.57. The molecule has 1 heterocycles. The second kappa shape index (κ2) is 4.54. The summed E-state index contributed by atoms with van der Waals surface area (Å²) >= 11 is 0. The van der Waals surface area contributed by atoms with Gasteiger partial charge < -0.3 is 10.6 Å². The second-order valence-electron chi connectivity index (χ2n) is 5.72. The zero-order chi connectivity index (χ0) is 12.6. The Bertz CT molecular complexity index is 432. The molecule has 1 aromatic carbocycles. The summed E-state index contributed by atoms with van der Waals surface area (Å²) in [4.78, 5) is 2.36. The van der Waals surface area contributed by atoms with Crippen molar-refractivity contribution >= 4 is 5.69 Å². The molecule has 98 valence electrons. The second-order valence-corrected chi connectivity index (χ2v) is 5.72. The monoisotopic (exact) mass is 248 g/mol. The van der Waals surface area contributed by atoms with Crippen molar-refractivity contribution in [2.45, 2.75) is 44.1 Å². The summed E-state index contributed by atoms with van der Waals surface area (Å²) in [7, 11) is 0. The molecule has 0 unspecified atom stereocenters. The van der Waals surface area contributed by atoms with E-state index in [1.165, 1.54) is 18.5 Å². The molecule has 1 aromatic rings. The van der Waals surface area contributed by atoms with Crippen molar-refractivity contribution in [3.05, 3.63) is 29.6 Å². The molecule has 0 radical (unpaired) electrons. The maximum atomic E-state index is 13.6. The SMILES string of the molecule is NC1(c2cc(F)ccc2N2CCCC2)CCCC1. The van der Waals surface area contributed by atoms with Crippen molar-refractivity contribution < 1.29 is 4.39 Å². The lowest BCUT2D eigenvalue weighted by Gasteiger charge is -2.31. The van der Waals surface area contributed by atoms with Crippen molar-refractivity contribution in [2.75, 3.05) is 18.0 Å². The Morgan fingerprint density at radius 3 is 2.39 bits per heavy atom. The zero-order valence-corrected chi connectivity index (χ0v) is 10.8. The van der Waals surface area contributed by atoms with E-state index in [4.69, 9.17) is 5.73 Å². The molecule has 1 saturated heterocycles. The molecule has 3 heteroatoms. The molecule has 1 saturated carbocycles. The summed E-state index contributed by atoms with van der Waals surface area (Å²) in [5, 5.41) is 0. The third kappa shape index (κ3) is 2.01. The van der Waals surface area contributed by atoms with Crippen LogP contribution in [0.25, 0.3) is 0 Å². The van der Waals surface area contributed by atoms with Crippen LogP contribution in [0.2, 0.25) is 0 Å². The number of hydrogen-bond acceptors (Lipinski definition) is 2. The fourth-order valence-corrected chi connectivity index (χ4v) is 3.42. The van der Waals surface area contributed by atoms with Crippen LogP contribution in [0.4, 0.5) is 10.1 Å². The van der Waals surface area contributed by atoms with Gasteiger partial charge in [-0.05, 0) is 49.4 Å². The highest BCUT2D eigenvalue weighted by atomic mass is 19.1. The van der Waals surface area contributed by atoms with Crippen LogP contribution in [0.5, 0.6) is 0 Å². The predicted molar refractivity (Wildman–Crippen MR) is 72.2 cm³/mol. The van der Waals surface area contributed by atoms with Crippen molar-refractivity contribution in [1.29, 1.82) is 0 Å². The van der Waals surface area contributed by atoms with E-state index < -0.39 is 0 Å². The van der Waals surface area contributed by atoms with Crippen molar-refractivity contribution in [3.8, 4) is 0 Å². The smallest absolute Gasteiger partial charge is 0.123 e. The molecule has 1 aliphatic heterocycles. The van der Waals surface area contributed by atoms with Gasteiger partial charge in [-0.1, -0.05) is 12.8 Å². The van der Waals surface area contributed by atoms with Gasteiger partial charge in [0.1, 0.15) is 5.82 Å². The lowest BCUT2D eigenvalue weighted by Crippen LogP contribution is -2.35. The van der Waals surface area contributed by atoms with Crippen LogP contribution in [0, 0.1) is 5.82 Å². The Kier molecular flexibility index (Phi) is 3.02. The summed E-state index contributed by atoms with van der Waals surface area (Å²) in [5.41, 5.74) is 8.41. The van der Waals surface area contributed by atoms with Crippen molar-refractivity contribution in [3.63, 3.8) is 0 Å². The molecule has 18 heavy (non-hydrogen) atoms. The first-order valence-electron chi connectivity index (χ1n) is 7.03. The Balaban J connectivity index is 2.02. The highest BCUT2D eigenvalue weighted by Gasteiger charge is 2.34. The normalized spacial score (nSPS) is 22.7. The number of hydrogen-bond donors (Lipinski definition) is 1. The van der Waals surface area contributed by atoms with E-state index in [2.05, 4.69) is 4.90 Å². The van der Waals surface area contributed by atoms with Crippen LogP contribution < -0.4 is 10.6 Å². The lowest BCUT2D eigenvalue weighted by atomic mass is 9.87. The van der Waals surface area contributed by atoms with Crippen LogP contribution in [0.15, 0.2) is 18.2 Å². The van der Waals surface area contributed by atoms with Crippen LogP contribution in [0.3, 0.4) is 0 Å². The zero-order valence-electron chi connectivity index (χ0n) is 10.8. The maximum Gasteiger partial charge on any atom is 0.123 e. The van der Waals surface area contributed by atoms with Crippen molar-refractivity contribution in [1.82, 2.24) is 0 Å². The first-order chi connectivity index (χ1) is 8.69. The summed E-state index contributed by atoms with van der Waals surface area (Å²) < 4.78 is 13.6. The molecule has 0 amide bonds. The van der Waals surface area contributed by atoms with Gasteiger partial charge >= 0.3 is 0 Å². The minimum Gasteiger partial charge on any atom is -0.371 e. The van der Waals surface area contributed by atoms with Gasteiger partial charge in [0, 0.05) is 24.3 Å². The van der Waals surface area contributed by atoms with Gasteiger partial charge in [0.15, 0.2) is 0 Å². The first kappa shape index (κ1) is 12.0. The van der Waals surface area contributed by atoms with Crippen LogP contribution in [0.1, 0.15) is 44.1 Å². The van der Waals surface area contributed by atoms with Gasteiger partial charge in [-0.2, -0.15) is 0 Å². The van der Waals surface area contributed by atoms with Crippen LogP contribution in [-0.4, -0.2) is 13.1 Å². The maximum absolute atomic E-state index is 13.6. The van der Waals surface area contributed by atoms with E-state index in [0.717, 1.165) is 44.3 Å². The number of nitrogens with two attached hydrogens (primary N) is 1. The molecule has 1 aliphatic carbocycles. The molecule has 0 aromatic heterocycles. The molecule has 2 nitrogen and oxygen atoms in total. The fraction of sp³-hybridized carbons (Fsp3) is 0.600. The molecular formula is C15H21FN2. The van der Waals surface area contributed by atoms with E-state index in [9.17, 15) is 4.39 Å². The average molecular weight is 248 g/mol. The van der Waals surface area contributed by atoms with Gasteiger partial charge in [0.25, 0.3) is 0 Å². The van der Waals surface area contributed by atoms with E-state index >= 15 is 0 Å². The minimum absolute atomic E-state index is 0.162. The van der Waals surface area contributed by atoms with Crippen LogP contribution in [-0.2, 0) is 5.54 Å². The van der Waals surface area contributed by atoms with Gasteiger partial charge in [-0.3, -0.25) is 0 Å². The van der Waals surface area contributed by atoms with Gasteiger partial charge in [-0.15, -0.1) is 0 Å². The third-order valence-electron chi connectivity index (χ3n) is 4.44. The minimum atomic E-state index is -0.306. The standard InChI is InChI=1S/C15H21FN2/c16-12-5-6-14(18-9-3-4-10-18)13(11-12)15(17)7-1-2-8-15/h5-6,11H,1-4,7-10,17H2. The van der Waals surface area contributed by atoms with Gasteiger partial charge in [-0.25, -0.2) is 4.39 Å². The summed E-state index contributed by atoms with van der Waals surface area (Å²) in [6.45, 7) is 2.16. The number of halogens is 1. The average Bonchev–Trinajstić information content (AvgIpc) is 3.00. The molecule has 0 atom stereocenters. The van der Waals surface area contributed by atoms with Crippen LogP contribution >= 0.6 is 0 Å². The first-order valence-corrected chi connectivity index (χ1v) is 7.03. The number of nitrogens with zero attached hydrogens (tertiary/aromatic N) is 1. The Labute approximate surface area is 108 Å². The number of benzene rings is 1. The van der Waals surface area contributed by atoms with E-state index in [-0.39, 0.29) is 11.4 Å². The third-order valence-corrected chi connectivity index (χ3v) is 4.44. The molecular weight excluding hydrogens is 227 g/mol. The molecule has 2 aliphatic rings. The lowest BCUT2D eigenvalue weighted by molar-refractivity contribution is 0.457. The predicted octanol–water partition coefficient (Wildman–Crippen LogP) is 3.15. The van der Waals surface area contributed by atoms with Gasteiger partial charge in [0.05, 0.1) is 0 Å². The molecule has 0 bridgehead atoms.